The predicted octanol–water partition coefficient (Wildman–Crippen LogP) is -1.28. The highest BCUT2D eigenvalue weighted by atomic mass is 16.4. The van der Waals surface area contributed by atoms with E-state index >= 15 is 0 Å². The zero-order chi connectivity index (χ0) is 13.1. The Bertz CT molecular complexity index is 426. The first-order valence-corrected chi connectivity index (χ1v) is 4.98. The van der Waals surface area contributed by atoms with Gasteiger partial charge >= 0.3 is 5.97 Å². The third kappa shape index (κ3) is 3.52. The normalized spacial score (nSPS) is 11.2. The van der Waals surface area contributed by atoms with Crippen molar-refractivity contribution < 1.29 is 14.7 Å². The molecule has 0 atom stereocenters. The average molecular weight is 241 g/mol. The molecule has 0 unspecified atom stereocenters. The van der Waals surface area contributed by atoms with E-state index in [0.717, 1.165) is 0 Å². The number of nitrogens with zero attached hydrogens (tertiary/aromatic N) is 3. The topological polar surface area (TPSA) is 123 Å². The number of carbonyl (C=O) groups is 2. The fraction of sp³-hybridized carbons (Fsp3) is 0.556. The molecule has 0 fully saturated rings. The Labute approximate surface area is 97.8 Å². The van der Waals surface area contributed by atoms with Gasteiger partial charge in [-0.2, -0.15) is 0 Å². The molecule has 0 saturated carbocycles. The number of rotatable bonds is 5. The van der Waals surface area contributed by atoms with E-state index in [1.807, 2.05) is 0 Å². The van der Waals surface area contributed by atoms with Gasteiger partial charge in [0.25, 0.3) is 0 Å². The summed E-state index contributed by atoms with van der Waals surface area (Å²) in [7, 11) is 0. The first-order chi connectivity index (χ1) is 7.85. The summed E-state index contributed by atoms with van der Waals surface area (Å²) < 4.78 is 1.30. The summed E-state index contributed by atoms with van der Waals surface area (Å²) in [5, 5.41) is 18.6. The lowest BCUT2D eigenvalue weighted by molar-refractivity contribution is -0.146. The van der Waals surface area contributed by atoms with Crippen LogP contribution in [0.5, 0.6) is 0 Å². The van der Waals surface area contributed by atoms with Crippen molar-refractivity contribution in [2.24, 2.45) is 5.73 Å². The van der Waals surface area contributed by atoms with Crippen LogP contribution >= 0.6 is 0 Å². The minimum Gasteiger partial charge on any atom is -0.480 e. The largest absolute Gasteiger partial charge is 0.480 e. The number of carboxylic acids is 1. The van der Waals surface area contributed by atoms with Gasteiger partial charge in [0.2, 0.25) is 5.91 Å². The number of nitrogens with two attached hydrogens (primary N) is 1. The standard InChI is InChI=1S/C9H15N5O3/c1-9(2,8(16)17)11-7(15)5-14-4-6(3-10)12-13-14/h4H,3,5,10H2,1-2H3,(H,11,15)(H,16,17). The van der Waals surface area contributed by atoms with Gasteiger partial charge in [0.15, 0.2) is 0 Å². The van der Waals surface area contributed by atoms with Crippen LogP contribution in [0.3, 0.4) is 0 Å². The fourth-order valence-corrected chi connectivity index (χ4v) is 1.10. The number of carbonyl (C=O) groups excluding carboxylic acids is 1. The molecule has 1 amide bonds. The summed E-state index contributed by atoms with van der Waals surface area (Å²) in [6, 6.07) is 0. The fourth-order valence-electron chi connectivity index (χ4n) is 1.10. The third-order valence-corrected chi connectivity index (χ3v) is 2.09. The second-order valence-electron chi connectivity index (χ2n) is 4.09. The Balaban J connectivity index is 2.58. The zero-order valence-corrected chi connectivity index (χ0v) is 9.67. The van der Waals surface area contributed by atoms with Crippen molar-refractivity contribution in [3.63, 3.8) is 0 Å². The molecule has 1 heterocycles. The van der Waals surface area contributed by atoms with Crippen LogP contribution in [-0.4, -0.2) is 37.5 Å². The van der Waals surface area contributed by atoms with E-state index in [4.69, 9.17) is 10.8 Å². The minimum absolute atomic E-state index is 0.0935. The van der Waals surface area contributed by atoms with Crippen molar-refractivity contribution in [1.29, 1.82) is 0 Å². The van der Waals surface area contributed by atoms with Gasteiger partial charge in [-0.15, -0.1) is 5.10 Å². The van der Waals surface area contributed by atoms with E-state index in [2.05, 4.69) is 15.6 Å². The molecule has 17 heavy (non-hydrogen) atoms. The van der Waals surface area contributed by atoms with Crippen LogP contribution in [0.25, 0.3) is 0 Å². The predicted molar refractivity (Wildman–Crippen MR) is 57.8 cm³/mol. The van der Waals surface area contributed by atoms with Crippen molar-refractivity contribution >= 4 is 11.9 Å². The summed E-state index contributed by atoms with van der Waals surface area (Å²) in [5.74, 6) is -1.56. The maximum absolute atomic E-state index is 11.5. The van der Waals surface area contributed by atoms with Crippen LogP contribution in [0.1, 0.15) is 19.5 Å². The van der Waals surface area contributed by atoms with E-state index < -0.39 is 17.4 Å². The molecule has 4 N–H and O–H groups in total. The van der Waals surface area contributed by atoms with Crippen molar-refractivity contribution in [1.82, 2.24) is 20.3 Å². The summed E-state index contributed by atoms with van der Waals surface area (Å²) in [4.78, 5) is 22.3. The Hall–Kier alpha value is -1.96. The molecule has 0 radical (unpaired) electrons. The molecular formula is C9H15N5O3. The van der Waals surface area contributed by atoms with Gasteiger partial charge < -0.3 is 16.2 Å². The molecule has 0 aliphatic heterocycles. The number of nitrogens with one attached hydrogen (secondary N) is 1. The maximum Gasteiger partial charge on any atom is 0.328 e. The SMILES string of the molecule is CC(C)(NC(=O)Cn1cc(CN)nn1)C(=O)O. The Morgan fingerprint density at radius 2 is 2.24 bits per heavy atom. The molecule has 94 valence electrons. The van der Waals surface area contributed by atoms with E-state index in [0.29, 0.717) is 5.69 Å². The van der Waals surface area contributed by atoms with Crippen molar-refractivity contribution in [3.05, 3.63) is 11.9 Å². The van der Waals surface area contributed by atoms with E-state index in [1.54, 1.807) is 0 Å². The van der Waals surface area contributed by atoms with Gasteiger partial charge in [-0.05, 0) is 13.8 Å². The molecule has 8 nitrogen and oxygen atoms in total. The lowest BCUT2D eigenvalue weighted by Gasteiger charge is -2.20. The van der Waals surface area contributed by atoms with Crippen molar-refractivity contribution in [2.75, 3.05) is 0 Å². The molecule has 1 aromatic heterocycles. The molecule has 0 aromatic carbocycles. The molecular weight excluding hydrogens is 226 g/mol. The zero-order valence-electron chi connectivity index (χ0n) is 9.67. The van der Waals surface area contributed by atoms with Gasteiger partial charge in [0, 0.05) is 6.54 Å². The molecule has 0 saturated heterocycles. The van der Waals surface area contributed by atoms with Gasteiger partial charge in [0.1, 0.15) is 12.1 Å². The molecule has 0 spiro atoms. The summed E-state index contributed by atoms with van der Waals surface area (Å²) in [6.07, 6.45) is 1.54. The van der Waals surface area contributed by atoms with Crippen LogP contribution < -0.4 is 11.1 Å². The lowest BCUT2D eigenvalue weighted by atomic mass is 10.1. The minimum atomic E-state index is -1.31. The Kier molecular flexibility index (Phi) is 3.79. The number of hydrogen-bond donors (Lipinski definition) is 3. The number of aliphatic carboxylic acids is 1. The highest BCUT2D eigenvalue weighted by Gasteiger charge is 2.28. The highest BCUT2D eigenvalue weighted by Crippen LogP contribution is 2.01. The van der Waals surface area contributed by atoms with Gasteiger partial charge in [-0.1, -0.05) is 5.21 Å². The highest BCUT2D eigenvalue weighted by molar-refractivity contribution is 5.86. The maximum atomic E-state index is 11.5. The van der Waals surface area contributed by atoms with Crippen LogP contribution in [0, 0.1) is 0 Å². The van der Waals surface area contributed by atoms with Gasteiger partial charge in [-0.25, -0.2) is 9.48 Å². The molecule has 8 heteroatoms. The monoisotopic (exact) mass is 241 g/mol. The number of amides is 1. The number of carboxylic acid groups (broad SMARTS) is 1. The molecule has 1 aromatic rings. The number of aromatic nitrogens is 3. The first kappa shape index (κ1) is 13.1. The van der Waals surface area contributed by atoms with Crippen molar-refractivity contribution in [2.45, 2.75) is 32.5 Å². The van der Waals surface area contributed by atoms with Crippen LogP contribution in [0.2, 0.25) is 0 Å². The second kappa shape index (κ2) is 4.91. The first-order valence-electron chi connectivity index (χ1n) is 4.98. The van der Waals surface area contributed by atoms with Gasteiger partial charge in [0.05, 0.1) is 11.9 Å². The summed E-state index contributed by atoms with van der Waals surface area (Å²) >= 11 is 0. The van der Waals surface area contributed by atoms with Crippen LogP contribution in [0.4, 0.5) is 0 Å². The molecule has 0 aliphatic carbocycles. The second-order valence-corrected chi connectivity index (χ2v) is 4.09. The number of hydrogen-bond acceptors (Lipinski definition) is 5. The third-order valence-electron chi connectivity index (χ3n) is 2.09. The Morgan fingerprint density at radius 1 is 1.59 bits per heavy atom. The van der Waals surface area contributed by atoms with E-state index in [1.165, 1.54) is 24.7 Å². The summed E-state index contributed by atoms with van der Waals surface area (Å²) in [6.45, 7) is 2.95. The average Bonchev–Trinajstić information content (AvgIpc) is 2.64. The van der Waals surface area contributed by atoms with E-state index in [9.17, 15) is 9.59 Å². The molecule has 0 aliphatic rings. The van der Waals surface area contributed by atoms with Crippen LogP contribution in [0.15, 0.2) is 6.20 Å². The van der Waals surface area contributed by atoms with Crippen molar-refractivity contribution in [3.8, 4) is 0 Å². The molecule has 0 bridgehead atoms. The summed E-state index contributed by atoms with van der Waals surface area (Å²) in [5.41, 5.74) is 4.60. The Morgan fingerprint density at radius 3 is 2.71 bits per heavy atom. The van der Waals surface area contributed by atoms with E-state index in [-0.39, 0.29) is 13.1 Å². The molecule has 1 rings (SSSR count). The van der Waals surface area contributed by atoms with Gasteiger partial charge in [-0.3, -0.25) is 4.79 Å². The lowest BCUT2D eigenvalue weighted by Crippen LogP contribution is -2.50. The smallest absolute Gasteiger partial charge is 0.328 e. The quantitative estimate of drug-likeness (QED) is 0.589. The van der Waals surface area contributed by atoms with Crippen LogP contribution in [-0.2, 0) is 22.7 Å².